The van der Waals surface area contributed by atoms with Gasteiger partial charge in [-0.15, -0.1) is 0 Å². The lowest BCUT2D eigenvalue weighted by molar-refractivity contribution is -0.165. The lowest BCUT2D eigenvalue weighted by Gasteiger charge is -2.44. The van der Waals surface area contributed by atoms with E-state index < -0.39 is 11.4 Å². The van der Waals surface area contributed by atoms with Gasteiger partial charge >= 0.3 is 17.9 Å². The van der Waals surface area contributed by atoms with Crippen molar-refractivity contribution < 1.29 is 28.6 Å². The normalized spacial score (nSPS) is 30.6. The number of rotatable bonds is 8. The van der Waals surface area contributed by atoms with Crippen LogP contribution in [0, 0.1) is 29.1 Å². The van der Waals surface area contributed by atoms with Gasteiger partial charge in [0.05, 0.1) is 18.9 Å². The molecule has 3 aliphatic rings. The number of ether oxygens (including phenoxy) is 3. The molecule has 7 atom stereocenters. The molecule has 0 bridgehead atoms. The summed E-state index contributed by atoms with van der Waals surface area (Å²) in [5.41, 5.74) is 1.93. The fourth-order valence-corrected chi connectivity index (χ4v) is 6.23. The minimum Gasteiger partial charge on any atom is -0.464 e. The van der Waals surface area contributed by atoms with Crippen LogP contribution in [0.25, 0.3) is 0 Å². The molecular formula is C32H43NO6. The first-order chi connectivity index (χ1) is 18.5. The topological polar surface area (TPSA) is 91.8 Å². The molecule has 1 aromatic heterocycles. The van der Waals surface area contributed by atoms with Gasteiger partial charge in [0.1, 0.15) is 17.9 Å². The first kappa shape index (κ1) is 29.0. The summed E-state index contributed by atoms with van der Waals surface area (Å²) in [7, 11) is 1.33. The number of carbonyl (C=O) groups is 3. The Morgan fingerprint density at radius 3 is 2.59 bits per heavy atom. The Labute approximate surface area is 232 Å². The third-order valence-corrected chi connectivity index (χ3v) is 9.02. The van der Waals surface area contributed by atoms with E-state index in [0.717, 1.165) is 37.7 Å². The molecule has 1 saturated heterocycles. The van der Waals surface area contributed by atoms with Crippen LogP contribution < -0.4 is 0 Å². The van der Waals surface area contributed by atoms with Crippen molar-refractivity contribution in [3.8, 4) is 0 Å². The summed E-state index contributed by atoms with van der Waals surface area (Å²) >= 11 is 0. The quantitative estimate of drug-likeness (QED) is 0.288. The Bertz CT molecular complexity index is 1120. The van der Waals surface area contributed by atoms with Crippen LogP contribution in [0.4, 0.5) is 0 Å². The van der Waals surface area contributed by atoms with Gasteiger partial charge in [-0.1, -0.05) is 45.1 Å². The van der Waals surface area contributed by atoms with E-state index in [1.165, 1.54) is 12.7 Å². The van der Waals surface area contributed by atoms with Crippen LogP contribution in [-0.2, 0) is 23.8 Å². The van der Waals surface area contributed by atoms with Gasteiger partial charge < -0.3 is 14.2 Å². The third-order valence-electron chi connectivity index (χ3n) is 9.02. The molecule has 0 aromatic carbocycles. The fourth-order valence-electron chi connectivity index (χ4n) is 6.23. The lowest BCUT2D eigenvalue weighted by Crippen LogP contribution is -2.43. The number of pyridine rings is 1. The predicted molar refractivity (Wildman–Crippen MR) is 148 cm³/mol. The summed E-state index contributed by atoms with van der Waals surface area (Å²) in [5.74, 6) is 0.286. The highest BCUT2D eigenvalue weighted by Gasteiger charge is 2.43. The summed E-state index contributed by atoms with van der Waals surface area (Å²) in [6.45, 7) is 10.3. The van der Waals surface area contributed by atoms with Crippen molar-refractivity contribution in [2.45, 2.75) is 91.3 Å². The minimum absolute atomic E-state index is 0.00455. The number of fused-ring (bicyclic) bond motifs is 1. The highest BCUT2D eigenvalue weighted by molar-refractivity contribution is 5.87. The van der Waals surface area contributed by atoms with Crippen LogP contribution in [0.1, 0.15) is 95.1 Å². The maximum absolute atomic E-state index is 13.1. The molecule has 1 fully saturated rings. The minimum atomic E-state index is -0.509. The standard InChI is InChI=1S/C32H43NO6/c1-7-32(4,5)31(36)39-27-15-19(2)14-21-9-8-20(3)25(29(21)27)12-11-24-16-23(17-28(34)38-24)22-10-13-26(33-18-22)30(35)37-6/h8-10,13-14,18-20,23-25,27,29H,7,11-12,15-17H2,1-6H3/t19-,20-,23+,24+,25-,27-,29-/m0/s1. The first-order valence-electron chi connectivity index (χ1n) is 14.4. The second kappa shape index (κ2) is 12.1. The van der Waals surface area contributed by atoms with Crippen LogP contribution >= 0.6 is 0 Å². The van der Waals surface area contributed by atoms with Crippen LogP contribution in [0.2, 0.25) is 0 Å². The second-order valence-corrected chi connectivity index (χ2v) is 12.3. The molecule has 0 spiro atoms. The second-order valence-electron chi connectivity index (χ2n) is 12.3. The smallest absolute Gasteiger partial charge is 0.356 e. The van der Waals surface area contributed by atoms with E-state index in [-0.39, 0.29) is 47.6 Å². The van der Waals surface area contributed by atoms with Crippen molar-refractivity contribution >= 4 is 17.9 Å². The van der Waals surface area contributed by atoms with Crippen molar-refractivity contribution in [3.63, 3.8) is 0 Å². The molecule has 0 saturated carbocycles. The van der Waals surface area contributed by atoms with Crippen molar-refractivity contribution in [1.82, 2.24) is 4.98 Å². The van der Waals surface area contributed by atoms with Crippen LogP contribution in [0.5, 0.6) is 0 Å². The van der Waals surface area contributed by atoms with Gasteiger partial charge in [0.2, 0.25) is 0 Å². The van der Waals surface area contributed by atoms with E-state index >= 15 is 0 Å². The van der Waals surface area contributed by atoms with Crippen molar-refractivity contribution in [3.05, 3.63) is 53.4 Å². The fraction of sp³-hybridized carbons (Fsp3) is 0.625. The van der Waals surface area contributed by atoms with Gasteiger partial charge in [-0.3, -0.25) is 9.59 Å². The molecule has 1 aliphatic heterocycles. The molecular weight excluding hydrogens is 494 g/mol. The highest BCUT2D eigenvalue weighted by atomic mass is 16.5. The molecule has 0 unspecified atom stereocenters. The highest BCUT2D eigenvalue weighted by Crippen LogP contribution is 2.46. The summed E-state index contributed by atoms with van der Waals surface area (Å²) < 4.78 is 16.8. The molecule has 0 amide bonds. The van der Waals surface area contributed by atoms with Gasteiger partial charge in [-0.2, -0.15) is 0 Å². The van der Waals surface area contributed by atoms with Gasteiger partial charge in [0.25, 0.3) is 0 Å². The van der Waals surface area contributed by atoms with Crippen molar-refractivity contribution in [1.29, 1.82) is 0 Å². The molecule has 2 heterocycles. The molecule has 1 aromatic rings. The monoisotopic (exact) mass is 537 g/mol. The molecule has 4 rings (SSSR count). The Hall–Kier alpha value is -2.96. The van der Waals surface area contributed by atoms with Crippen molar-refractivity contribution in [2.24, 2.45) is 29.1 Å². The summed E-state index contributed by atoms with van der Waals surface area (Å²) in [4.78, 5) is 41.6. The van der Waals surface area contributed by atoms with Gasteiger partial charge in [0.15, 0.2) is 0 Å². The zero-order valence-corrected chi connectivity index (χ0v) is 24.1. The van der Waals surface area contributed by atoms with E-state index in [0.29, 0.717) is 18.3 Å². The van der Waals surface area contributed by atoms with E-state index in [1.807, 2.05) is 26.8 Å². The number of cyclic esters (lactones) is 1. The third kappa shape index (κ3) is 6.62. The van der Waals surface area contributed by atoms with Crippen LogP contribution in [-0.4, -0.2) is 42.2 Å². The van der Waals surface area contributed by atoms with Crippen molar-refractivity contribution in [2.75, 3.05) is 7.11 Å². The first-order valence-corrected chi connectivity index (χ1v) is 14.4. The van der Waals surface area contributed by atoms with E-state index in [1.54, 1.807) is 12.3 Å². The van der Waals surface area contributed by atoms with Crippen LogP contribution in [0.15, 0.2) is 42.1 Å². The molecule has 7 heteroatoms. The molecule has 0 radical (unpaired) electrons. The number of nitrogens with zero attached hydrogens (tertiary/aromatic N) is 1. The van der Waals surface area contributed by atoms with Gasteiger partial charge in [0, 0.05) is 12.1 Å². The van der Waals surface area contributed by atoms with Gasteiger partial charge in [-0.05, 0) is 86.8 Å². The van der Waals surface area contributed by atoms with E-state index in [9.17, 15) is 14.4 Å². The molecule has 39 heavy (non-hydrogen) atoms. The number of hydrogen-bond acceptors (Lipinski definition) is 7. The Balaban J connectivity index is 1.47. The zero-order valence-electron chi connectivity index (χ0n) is 24.1. The van der Waals surface area contributed by atoms with Crippen LogP contribution in [0.3, 0.4) is 0 Å². The predicted octanol–water partition coefficient (Wildman–Crippen LogP) is 6.19. The number of allylic oxidation sites excluding steroid dienone is 3. The molecule has 0 N–H and O–H groups in total. The zero-order chi connectivity index (χ0) is 28.3. The number of methoxy groups -OCH3 is 1. The SMILES string of the molecule is CCC(C)(C)C(=O)O[C@H]1C[C@@H](C)C=C2C=C[C@H](C)[C@H](CC[C@@H]3C[C@@H](c4ccc(C(=O)OC)nc4)CC(=O)O3)[C@H]21. The van der Waals surface area contributed by atoms with E-state index in [4.69, 9.17) is 14.2 Å². The number of carbonyl (C=O) groups excluding carboxylic acids is 3. The summed E-state index contributed by atoms with van der Waals surface area (Å²) in [6.07, 6.45) is 12.3. The number of aromatic nitrogens is 1. The maximum atomic E-state index is 13.1. The molecule has 212 valence electrons. The Morgan fingerprint density at radius 1 is 1.15 bits per heavy atom. The van der Waals surface area contributed by atoms with E-state index in [2.05, 4.69) is 37.1 Å². The maximum Gasteiger partial charge on any atom is 0.356 e. The Kier molecular flexibility index (Phi) is 8.97. The average Bonchev–Trinajstić information content (AvgIpc) is 2.91. The number of esters is 3. The summed E-state index contributed by atoms with van der Waals surface area (Å²) in [5, 5.41) is 0. The Morgan fingerprint density at radius 2 is 1.92 bits per heavy atom. The van der Waals surface area contributed by atoms with Gasteiger partial charge in [-0.25, -0.2) is 9.78 Å². The average molecular weight is 538 g/mol. The molecule has 2 aliphatic carbocycles. The number of hydrogen-bond donors (Lipinski definition) is 0. The lowest BCUT2D eigenvalue weighted by atomic mass is 9.65. The largest absolute Gasteiger partial charge is 0.464 e. The summed E-state index contributed by atoms with van der Waals surface area (Å²) in [6, 6.07) is 3.50. The molecule has 7 nitrogen and oxygen atoms in total.